The van der Waals surface area contributed by atoms with Crippen LogP contribution < -0.4 is 27.3 Å². The Labute approximate surface area is 279 Å². The van der Waals surface area contributed by atoms with E-state index in [1.54, 1.807) is 41.1 Å². The van der Waals surface area contributed by atoms with Crippen molar-refractivity contribution in [3.05, 3.63) is 117 Å². The van der Waals surface area contributed by atoms with Crippen LogP contribution in [0.1, 0.15) is 58.8 Å². The van der Waals surface area contributed by atoms with E-state index in [1.165, 1.54) is 35.6 Å². The molecule has 3 unspecified atom stereocenters. The molecule has 46 heavy (non-hydrogen) atoms. The van der Waals surface area contributed by atoms with Crippen molar-refractivity contribution in [2.24, 2.45) is 0 Å². The fourth-order valence-electron chi connectivity index (χ4n) is 5.22. The minimum absolute atomic E-state index is 0. The van der Waals surface area contributed by atoms with E-state index in [2.05, 4.69) is 11.2 Å². The number of carbonyl (C=O) groups is 1. The first-order valence-corrected chi connectivity index (χ1v) is 14.9. The van der Waals surface area contributed by atoms with Crippen LogP contribution >= 0.6 is 11.3 Å². The highest BCUT2D eigenvalue weighted by molar-refractivity contribution is 7.10. The Morgan fingerprint density at radius 3 is 2.48 bits per heavy atom. The molecule has 3 atom stereocenters. The molecular formula is C33H31BrF2N6O3S. The van der Waals surface area contributed by atoms with E-state index in [-0.39, 0.29) is 29.1 Å². The molecule has 3 aromatic carbocycles. The monoisotopic (exact) mass is 708 g/mol. The number of esters is 1. The van der Waals surface area contributed by atoms with Crippen LogP contribution in [0.3, 0.4) is 0 Å². The Balaban J connectivity index is 0.00000480. The maximum atomic E-state index is 15.3. The van der Waals surface area contributed by atoms with E-state index in [0.717, 1.165) is 34.9 Å². The van der Waals surface area contributed by atoms with Crippen molar-refractivity contribution < 1.29 is 45.0 Å². The molecule has 2 aromatic heterocycles. The quantitative estimate of drug-likeness (QED) is 0.137. The number of nitriles is 1. The van der Waals surface area contributed by atoms with Crippen LogP contribution in [0.15, 0.2) is 72.6 Å². The van der Waals surface area contributed by atoms with E-state index in [9.17, 15) is 14.3 Å². The molecule has 5 aromatic rings. The third-order valence-electron chi connectivity index (χ3n) is 7.77. The number of aromatic nitrogens is 4. The topological polar surface area (TPSA) is 131 Å². The van der Waals surface area contributed by atoms with Crippen LogP contribution in [0, 0.1) is 36.8 Å². The van der Waals surface area contributed by atoms with Gasteiger partial charge in [-0.15, -0.1) is 16.0 Å². The molecule has 0 aliphatic rings. The minimum atomic E-state index is -2.01. The molecule has 0 spiro atoms. The summed E-state index contributed by atoms with van der Waals surface area (Å²) in [7, 11) is 0. The van der Waals surface area contributed by atoms with Gasteiger partial charge < -0.3 is 32.6 Å². The second-order valence-corrected chi connectivity index (χ2v) is 11.8. The number of hydrogen-bond acceptors (Lipinski definition) is 8. The number of rotatable bonds is 9. The number of aliphatic hydroxyl groups is 1. The summed E-state index contributed by atoms with van der Waals surface area (Å²) in [6, 6.07) is 15.5. The molecular weight excluding hydrogens is 678 g/mol. The van der Waals surface area contributed by atoms with Gasteiger partial charge in [0.05, 0.1) is 22.3 Å². The standard InChI is InChI=1S/C33H31F2N6O3S.BrH/c1-19-11-25(12-20(2)30(19)37)32(44-22(4)42)40-17-38-41(18-40)16-33(43,27-13-26(34)9-10-28(27)35)21(3)31-39-29(15-45-31)24-7-5-23(14-36)6-8-24;/h5-13,15,17-18,21,32,43H,16,37H2,1-4H3;1H/q+1;/p-1. The Morgan fingerprint density at radius 2 is 1.85 bits per heavy atom. The molecule has 5 rings (SSSR count). The number of hydrogen-bond donors (Lipinski definition) is 2. The smallest absolute Gasteiger partial charge is 0.305 e. The zero-order valence-electron chi connectivity index (χ0n) is 25.4. The summed E-state index contributed by atoms with van der Waals surface area (Å²) in [4.78, 5) is 16.8. The van der Waals surface area contributed by atoms with Crippen molar-refractivity contribution in [1.29, 1.82) is 5.26 Å². The SMILES string of the molecule is CC(=O)OC(c1cc(C)c(N)c(C)c1)[n+]1cnn(CC(O)(c2cc(F)ccc2F)C(C)c2nc(-c3ccc(C#N)cc3)cs2)c1.[Br-]. The summed E-state index contributed by atoms with van der Waals surface area (Å²) in [5.41, 5.74) is 8.65. The average molecular weight is 710 g/mol. The summed E-state index contributed by atoms with van der Waals surface area (Å²) in [5.74, 6) is -2.86. The number of aryl methyl sites for hydroxylation is 2. The molecule has 0 bridgehead atoms. The number of nitrogens with two attached hydrogens (primary N) is 1. The van der Waals surface area contributed by atoms with Crippen LogP contribution in [0.5, 0.6) is 0 Å². The third-order valence-corrected chi connectivity index (χ3v) is 8.79. The fourth-order valence-corrected chi connectivity index (χ4v) is 6.19. The van der Waals surface area contributed by atoms with Crippen molar-refractivity contribution in [1.82, 2.24) is 14.8 Å². The van der Waals surface area contributed by atoms with Crippen LogP contribution in [0.4, 0.5) is 14.5 Å². The Morgan fingerprint density at radius 1 is 1.17 bits per heavy atom. The molecule has 0 aliphatic heterocycles. The summed E-state index contributed by atoms with van der Waals surface area (Å²) < 4.78 is 38.4. The molecule has 9 nitrogen and oxygen atoms in total. The molecule has 0 amide bonds. The minimum Gasteiger partial charge on any atom is -1.00 e. The first kappa shape index (κ1) is 34.4. The van der Waals surface area contributed by atoms with E-state index >= 15 is 4.39 Å². The van der Waals surface area contributed by atoms with Gasteiger partial charge in [-0.3, -0.25) is 4.79 Å². The van der Waals surface area contributed by atoms with Crippen molar-refractivity contribution in [2.75, 3.05) is 5.73 Å². The molecule has 13 heteroatoms. The van der Waals surface area contributed by atoms with Gasteiger partial charge in [0.25, 0.3) is 12.6 Å². The van der Waals surface area contributed by atoms with E-state index in [1.807, 2.05) is 26.0 Å². The lowest BCUT2D eigenvalue weighted by Gasteiger charge is -2.32. The van der Waals surface area contributed by atoms with Gasteiger partial charge >= 0.3 is 5.97 Å². The highest BCUT2D eigenvalue weighted by Crippen LogP contribution is 2.41. The highest BCUT2D eigenvalue weighted by atomic mass is 79.9. The van der Waals surface area contributed by atoms with Gasteiger partial charge in [0.2, 0.25) is 6.33 Å². The first-order chi connectivity index (χ1) is 21.4. The van der Waals surface area contributed by atoms with Crippen LogP contribution in [-0.2, 0) is 21.7 Å². The number of anilines is 1. The second kappa shape index (κ2) is 13.9. The number of carbonyl (C=O) groups excluding carboxylic acids is 1. The summed E-state index contributed by atoms with van der Waals surface area (Å²) in [5, 5.41) is 28.1. The van der Waals surface area contributed by atoms with Gasteiger partial charge in [0.15, 0.2) is 0 Å². The van der Waals surface area contributed by atoms with Crippen molar-refractivity contribution in [2.45, 2.75) is 52.0 Å². The largest absolute Gasteiger partial charge is 1.00 e. The zero-order valence-corrected chi connectivity index (χ0v) is 27.8. The van der Waals surface area contributed by atoms with E-state index in [4.69, 9.17) is 20.7 Å². The molecule has 0 fully saturated rings. The normalized spacial score (nSPS) is 13.6. The number of thiazole rings is 1. The lowest BCUT2D eigenvalue weighted by molar-refractivity contribution is -0.747. The number of benzene rings is 3. The molecule has 238 valence electrons. The number of nitrogens with zero attached hydrogens (tertiary/aromatic N) is 5. The Kier molecular flexibility index (Phi) is 10.4. The molecule has 2 heterocycles. The van der Waals surface area contributed by atoms with Crippen LogP contribution in [0.25, 0.3) is 11.3 Å². The van der Waals surface area contributed by atoms with Crippen molar-refractivity contribution in [3.8, 4) is 17.3 Å². The van der Waals surface area contributed by atoms with Crippen LogP contribution in [-0.4, -0.2) is 25.8 Å². The maximum Gasteiger partial charge on any atom is 0.305 e. The third kappa shape index (κ3) is 6.99. The van der Waals surface area contributed by atoms with Gasteiger partial charge in [-0.05, 0) is 67.4 Å². The average Bonchev–Trinajstić information content (AvgIpc) is 3.69. The first-order valence-electron chi connectivity index (χ1n) is 14.0. The van der Waals surface area contributed by atoms with Crippen molar-refractivity contribution >= 4 is 23.0 Å². The van der Waals surface area contributed by atoms with Gasteiger partial charge in [0, 0.05) is 45.7 Å². The highest BCUT2D eigenvalue weighted by Gasteiger charge is 2.43. The predicted octanol–water partition coefficient (Wildman–Crippen LogP) is 2.45. The molecule has 0 saturated heterocycles. The zero-order chi connectivity index (χ0) is 32.5. The lowest BCUT2D eigenvalue weighted by Crippen LogP contribution is -3.00. The summed E-state index contributed by atoms with van der Waals surface area (Å²) in [6.45, 7) is 6.39. The molecule has 3 N–H and O–H groups in total. The molecule has 0 aliphatic carbocycles. The summed E-state index contributed by atoms with van der Waals surface area (Å²) in [6.07, 6.45) is 2.04. The fraction of sp³-hybridized carbons (Fsp3) is 0.242. The Bertz CT molecular complexity index is 1900. The van der Waals surface area contributed by atoms with Gasteiger partial charge in [0.1, 0.15) is 23.8 Å². The molecule has 0 saturated carbocycles. The van der Waals surface area contributed by atoms with Crippen molar-refractivity contribution in [3.63, 3.8) is 0 Å². The van der Waals surface area contributed by atoms with Gasteiger partial charge in [-0.1, -0.05) is 19.1 Å². The number of halogens is 3. The van der Waals surface area contributed by atoms with Gasteiger partial charge in [-0.2, -0.15) is 9.83 Å². The summed E-state index contributed by atoms with van der Waals surface area (Å²) >= 11 is 1.27. The Hall–Kier alpha value is -4.51. The van der Waals surface area contributed by atoms with Gasteiger partial charge in [-0.25, -0.2) is 13.8 Å². The maximum absolute atomic E-state index is 15.3. The number of nitrogen functional groups attached to an aromatic ring is 1. The van der Waals surface area contributed by atoms with E-state index in [0.29, 0.717) is 27.5 Å². The van der Waals surface area contributed by atoms with Crippen LogP contribution in [0.2, 0.25) is 0 Å². The molecule has 0 radical (unpaired) electrons. The lowest BCUT2D eigenvalue weighted by atomic mass is 9.82. The predicted molar refractivity (Wildman–Crippen MR) is 164 cm³/mol. The second-order valence-electron chi connectivity index (χ2n) is 11.0. The number of ether oxygens (including phenoxy) is 1. The van der Waals surface area contributed by atoms with E-state index < -0.39 is 35.4 Å².